The summed E-state index contributed by atoms with van der Waals surface area (Å²) in [5, 5.41) is 2.23. The zero-order valence-electron chi connectivity index (χ0n) is 26.3. The maximum atomic E-state index is 7.47. The van der Waals surface area contributed by atoms with Gasteiger partial charge in [-0.05, 0) is 99.4 Å². The van der Waals surface area contributed by atoms with Crippen LogP contribution >= 0.6 is 31.9 Å². The van der Waals surface area contributed by atoms with Crippen molar-refractivity contribution in [3.05, 3.63) is 127 Å². The number of rotatable bonds is 7. The number of ether oxygens (including phenoxy) is 3. The minimum atomic E-state index is -0.874. The Bertz CT molecular complexity index is 1970. The molecule has 5 aromatic rings. The predicted molar refractivity (Wildman–Crippen MR) is 192 cm³/mol. The van der Waals surface area contributed by atoms with Gasteiger partial charge in [-0.2, -0.15) is 0 Å². The average Bonchev–Trinajstić information content (AvgIpc) is 3.27. The molecule has 3 nitrogen and oxygen atoms in total. The van der Waals surface area contributed by atoms with Gasteiger partial charge in [-0.15, -0.1) is 0 Å². The van der Waals surface area contributed by atoms with E-state index in [9.17, 15) is 0 Å². The zero-order valence-corrected chi connectivity index (χ0v) is 29.4. The summed E-state index contributed by atoms with van der Waals surface area (Å²) in [4.78, 5) is 0. The Hall–Kier alpha value is -3.54. The van der Waals surface area contributed by atoms with Crippen LogP contribution in [0.5, 0.6) is 17.2 Å². The smallest absolute Gasteiger partial charge is 0.178 e. The lowest BCUT2D eigenvalue weighted by Gasteiger charge is -2.38. The second-order valence-corrected chi connectivity index (χ2v) is 14.4. The van der Waals surface area contributed by atoms with Gasteiger partial charge in [-0.3, -0.25) is 0 Å². The lowest BCUT2D eigenvalue weighted by atomic mass is 9.76. The van der Waals surface area contributed by atoms with Gasteiger partial charge in [0.15, 0.2) is 5.60 Å². The van der Waals surface area contributed by atoms with E-state index in [-0.39, 0.29) is 5.41 Å². The third kappa shape index (κ3) is 4.82. The molecule has 7 rings (SSSR count). The molecule has 0 aromatic heterocycles. The van der Waals surface area contributed by atoms with Crippen LogP contribution in [0.1, 0.15) is 67.0 Å². The van der Waals surface area contributed by atoms with Gasteiger partial charge in [-0.1, -0.05) is 97.2 Å². The monoisotopic (exact) mass is 722 g/mol. The first-order chi connectivity index (χ1) is 21.7. The van der Waals surface area contributed by atoms with Gasteiger partial charge in [0.05, 0.1) is 13.7 Å². The summed E-state index contributed by atoms with van der Waals surface area (Å²) in [6, 6.07) is 27.8. The van der Waals surface area contributed by atoms with Crippen LogP contribution in [0.15, 0.2) is 93.9 Å². The first-order valence-electron chi connectivity index (χ1n) is 15.5. The highest BCUT2D eigenvalue weighted by atomic mass is 79.9. The van der Waals surface area contributed by atoms with Crippen molar-refractivity contribution in [2.45, 2.75) is 51.6 Å². The number of hydrogen-bond donors (Lipinski definition) is 0. The molecule has 0 radical (unpaired) electrons. The molecule has 1 heterocycles. The lowest BCUT2D eigenvalue weighted by molar-refractivity contribution is 0.163. The molecule has 228 valence electrons. The molecule has 45 heavy (non-hydrogen) atoms. The van der Waals surface area contributed by atoms with Crippen LogP contribution in [0.4, 0.5) is 0 Å². The van der Waals surface area contributed by atoms with Crippen molar-refractivity contribution in [2.75, 3.05) is 13.7 Å². The third-order valence-electron chi connectivity index (χ3n) is 9.37. The summed E-state index contributed by atoms with van der Waals surface area (Å²) in [7, 11) is 1.69. The molecule has 5 aromatic carbocycles. The summed E-state index contributed by atoms with van der Waals surface area (Å²) in [6.07, 6.45) is 6.65. The molecule has 0 amide bonds. The molecule has 0 bridgehead atoms. The zero-order chi connectivity index (χ0) is 31.5. The molecule has 0 spiro atoms. The highest BCUT2D eigenvalue weighted by molar-refractivity contribution is 9.11. The first kappa shape index (κ1) is 30.1. The minimum absolute atomic E-state index is 0.213. The van der Waals surface area contributed by atoms with Crippen LogP contribution < -0.4 is 14.2 Å². The summed E-state index contributed by atoms with van der Waals surface area (Å²) in [6.45, 7) is 9.74. The summed E-state index contributed by atoms with van der Waals surface area (Å²) >= 11 is 7.75. The number of hydrogen-bond acceptors (Lipinski definition) is 3. The average molecular weight is 725 g/mol. The van der Waals surface area contributed by atoms with Crippen molar-refractivity contribution >= 4 is 48.7 Å². The topological polar surface area (TPSA) is 27.7 Å². The van der Waals surface area contributed by atoms with Gasteiger partial charge in [0.2, 0.25) is 0 Å². The third-order valence-corrected chi connectivity index (χ3v) is 10.5. The number of benzene rings is 5. The fraction of sp³-hybridized carbons (Fsp3) is 0.250. The van der Waals surface area contributed by atoms with Crippen molar-refractivity contribution < 1.29 is 14.2 Å². The molecule has 1 unspecified atom stereocenters. The van der Waals surface area contributed by atoms with Crippen LogP contribution in [0.3, 0.4) is 0 Å². The molecule has 5 heteroatoms. The second-order valence-electron chi connectivity index (χ2n) is 12.6. The molecule has 1 aliphatic heterocycles. The van der Waals surface area contributed by atoms with E-state index in [1.807, 2.05) is 12.1 Å². The van der Waals surface area contributed by atoms with Crippen LogP contribution in [0, 0.1) is 6.92 Å². The number of fused-ring (bicyclic) bond motifs is 8. The molecule has 0 fully saturated rings. The Balaban J connectivity index is 1.49. The summed E-state index contributed by atoms with van der Waals surface area (Å²) in [5.74, 6) is 2.55. The van der Waals surface area contributed by atoms with Crippen molar-refractivity contribution in [1.29, 1.82) is 0 Å². The van der Waals surface area contributed by atoms with Gasteiger partial charge >= 0.3 is 0 Å². The van der Waals surface area contributed by atoms with Crippen LogP contribution in [0.25, 0.3) is 28.0 Å². The van der Waals surface area contributed by atoms with Gasteiger partial charge in [0.1, 0.15) is 17.2 Å². The Labute approximate surface area is 282 Å². The second kappa shape index (κ2) is 11.4. The fourth-order valence-electron chi connectivity index (χ4n) is 7.09. The van der Waals surface area contributed by atoms with E-state index < -0.39 is 5.60 Å². The van der Waals surface area contributed by atoms with E-state index in [1.54, 1.807) is 7.11 Å². The number of methoxy groups -OCH3 is 1. The highest BCUT2D eigenvalue weighted by Crippen LogP contribution is 2.59. The van der Waals surface area contributed by atoms with Gasteiger partial charge in [0.25, 0.3) is 0 Å². The van der Waals surface area contributed by atoms with Crippen LogP contribution in [0.2, 0.25) is 0 Å². The standard InChI is InChI=1S/C40H36Br2O3/c1-6-7-20-44-29-15-11-26(12-16-29)40(25-9-13-28(43-5)14-10-25)19-18-31-37-35(30-17-8-24(2)21-33(30)39(37,3)4)32-22-27(41)23-34(42)36(32)38(31)45-40/h8-19,21-23H,6-7,20H2,1-5H3. The number of aryl methyl sites for hydroxylation is 1. The van der Waals surface area contributed by atoms with Crippen molar-refractivity contribution in [3.8, 4) is 28.4 Å². The summed E-state index contributed by atoms with van der Waals surface area (Å²) < 4.78 is 21.0. The summed E-state index contributed by atoms with van der Waals surface area (Å²) in [5.41, 5.74) is 8.57. The molecule has 0 saturated heterocycles. The van der Waals surface area contributed by atoms with E-state index >= 15 is 0 Å². The van der Waals surface area contributed by atoms with E-state index in [0.29, 0.717) is 6.61 Å². The largest absolute Gasteiger partial charge is 0.497 e. The number of halogens is 2. The fourth-order valence-corrected chi connectivity index (χ4v) is 8.49. The minimum Gasteiger partial charge on any atom is -0.497 e. The maximum Gasteiger partial charge on any atom is 0.178 e. The van der Waals surface area contributed by atoms with Gasteiger partial charge in [0, 0.05) is 36.4 Å². The van der Waals surface area contributed by atoms with Gasteiger partial charge < -0.3 is 14.2 Å². The van der Waals surface area contributed by atoms with Crippen LogP contribution in [-0.2, 0) is 11.0 Å². The maximum absolute atomic E-state index is 7.47. The van der Waals surface area contributed by atoms with Gasteiger partial charge in [-0.25, -0.2) is 0 Å². The Morgan fingerprint density at radius 1 is 0.844 bits per heavy atom. The van der Waals surface area contributed by atoms with E-state index in [0.717, 1.165) is 61.1 Å². The van der Waals surface area contributed by atoms with Crippen LogP contribution in [-0.4, -0.2) is 13.7 Å². The quantitative estimate of drug-likeness (QED) is 0.156. The molecular weight excluding hydrogens is 688 g/mol. The lowest BCUT2D eigenvalue weighted by Crippen LogP contribution is -2.35. The van der Waals surface area contributed by atoms with Crippen molar-refractivity contribution in [2.24, 2.45) is 0 Å². The number of unbranched alkanes of at least 4 members (excludes halogenated alkanes) is 1. The normalized spacial score (nSPS) is 17.4. The molecule has 0 saturated carbocycles. The Kier molecular flexibility index (Phi) is 7.61. The molecule has 1 aliphatic carbocycles. The van der Waals surface area contributed by atoms with E-state index in [2.05, 4.69) is 138 Å². The molecule has 0 N–H and O–H groups in total. The van der Waals surface area contributed by atoms with Crippen molar-refractivity contribution in [1.82, 2.24) is 0 Å². The van der Waals surface area contributed by atoms with Crippen molar-refractivity contribution in [3.63, 3.8) is 0 Å². The Morgan fingerprint density at radius 3 is 2.20 bits per heavy atom. The molecule has 2 aliphatic rings. The Morgan fingerprint density at radius 2 is 1.53 bits per heavy atom. The SMILES string of the molecule is CCCCOc1ccc(C2(c3ccc(OC)cc3)C=Cc3c4c(c5cc(Br)cc(Br)c5c3O2)-c2ccc(C)cc2C4(C)C)cc1. The molecular formula is C40H36Br2O3. The van der Waals surface area contributed by atoms with E-state index in [4.69, 9.17) is 14.2 Å². The van der Waals surface area contributed by atoms with E-state index in [1.165, 1.54) is 33.2 Å². The highest BCUT2D eigenvalue weighted by Gasteiger charge is 2.44. The molecule has 1 atom stereocenters. The predicted octanol–water partition coefficient (Wildman–Crippen LogP) is 11.5. The first-order valence-corrected chi connectivity index (χ1v) is 17.1.